The number of carbonyl (C=O) groups excluding carboxylic acids is 1. The van der Waals surface area contributed by atoms with E-state index < -0.39 is 9.84 Å². The molecule has 4 heterocycles. The normalized spacial score (nSPS) is 18.4. The van der Waals surface area contributed by atoms with E-state index in [1.165, 1.54) is 6.20 Å². The van der Waals surface area contributed by atoms with E-state index in [2.05, 4.69) is 20.9 Å². The molecule has 5 rings (SSSR count). The largest absolute Gasteiger partial charge is 0.367 e. The highest BCUT2D eigenvalue weighted by atomic mass is 32.2. The van der Waals surface area contributed by atoms with Crippen LogP contribution in [0.2, 0.25) is 0 Å². The first-order chi connectivity index (χ1) is 13.5. The number of aromatic amines is 1. The number of nitrogens with one attached hydrogen (secondary N) is 1. The fourth-order valence-electron chi connectivity index (χ4n) is 4.16. The average Bonchev–Trinajstić information content (AvgIpc) is 3.28. The van der Waals surface area contributed by atoms with Gasteiger partial charge in [0.1, 0.15) is 5.69 Å². The van der Waals surface area contributed by atoms with Crippen LogP contribution in [0.4, 0.5) is 5.69 Å². The van der Waals surface area contributed by atoms with E-state index >= 15 is 0 Å². The molecule has 0 spiro atoms. The molecule has 1 saturated heterocycles. The SMILES string of the molecule is O=C(c1[nH]cc2c1CCS2(=O)=O)N1CCN(c2ccnc3ccccc23)CC1. The molecule has 28 heavy (non-hydrogen) atoms. The zero-order valence-corrected chi connectivity index (χ0v) is 16.1. The van der Waals surface area contributed by atoms with Gasteiger partial charge in [0.05, 0.1) is 16.2 Å². The van der Waals surface area contributed by atoms with Crippen molar-refractivity contribution in [3.05, 3.63) is 54.0 Å². The molecule has 1 fully saturated rings. The number of aromatic nitrogens is 2. The molecule has 0 radical (unpaired) electrons. The van der Waals surface area contributed by atoms with Gasteiger partial charge in [0, 0.05) is 55.2 Å². The standard InChI is InChI=1S/C20H20N4O3S/c25-20(19-15-6-12-28(26,27)18(15)13-22-19)24-10-8-23(9-11-24)17-5-7-21-16-4-2-1-3-14(16)17/h1-5,7,13,22H,6,8-12H2. The van der Waals surface area contributed by atoms with Gasteiger partial charge in [0.25, 0.3) is 5.91 Å². The smallest absolute Gasteiger partial charge is 0.270 e. The highest BCUT2D eigenvalue weighted by Crippen LogP contribution is 2.30. The van der Waals surface area contributed by atoms with Crippen LogP contribution in [0.1, 0.15) is 16.1 Å². The molecule has 144 valence electrons. The molecule has 3 aromatic rings. The highest BCUT2D eigenvalue weighted by molar-refractivity contribution is 7.91. The van der Waals surface area contributed by atoms with Crippen LogP contribution in [0, 0.1) is 0 Å². The number of H-pyrrole nitrogens is 1. The maximum Gasteiger partial charge on any atom is 0.270 e. The molecule has 0 atom stereocenters. The lowest BCUT2D eigenvalue weighted by Crippen LogP contribution is -2.49. The van der Waals surface area contributed by atoms with Crippen molar-refractivity contribution in [2.45, 2.75) is 11.3 Å². The summed E-state index contributed by atoms with van der Waals surface area (Å²) >= 11 is 0. The van der Waals surface area contributed by atoms with Crippen LogP contribution in [0.25, 0.3) is 10.9 Å². The summed E-state index contributed by atoms with van der Waals surface area (Å²) in [6.45, 7) is 2.63. The zero-order valence-electron chi connectivity index (χ0n) is 15.3. The second-order valence-electron chi connectivity index (χ2n) is 7.20. The minimum Gasteiger partial charge on any atom is -0.367 e. The summed E-state index contributed by atoms with van der Waals surface area (Å²) in [6, 6.07) is 10.1. The molecule has 2 aliphatic heterocycles. The molecule has 8 heteroatoms. The third kappa shape index (κ3) is 2.67. The Hall–Kier alpha value is -2.87. The Morgan fingerprint density at radius 3 is 2.68 bits per heavy atom. The number of hydrogen-bond acceptors (Lipinski definition) is 5. The van der Waals surface area contributed by atoms with Crippen molar-refractivity contribution in [3.8, 4) is 0 Å². The van der Waals surface area contributed by atoms with Crippen LogP contribution >= 0.6 is 0 Å². The van der Waals surface area contributed by atoms with Gasteiger partial charge in [-0.1, -0.05) is 18.2 Å². The Morgan fingerprint density at radius 1 is 1.07 bits per heavy atom. The number of benzene rings is 1. The van der Waals surface area contributed by atoms with Gasteiger partial charge in [0.2, 0.25) is 0 Å². The highest BCUT2D eigenvalue weighted by Gasteiger charge is 2.34. The lowest BCUT2D eigenvalue weighted by atomic mass is 10.1. The van der Waals surface area contributed by atoms with Crippen LogP contribution in [0.5, 0.6) is 0 Å². The van der Waals surface area contributed by atoms with E-state index in [1.54, 1.807) is 4.90 Å². The maximum atomic E-state index is 13.0. The fraction of sp³-hybridized carbons (Fsp3) is 0.300. The van der Waals surface area contributed by atoms with Crippen molar-refractivity contribution in [3.63, 3.8) is 0 Å². The van der Waals surface area contributed by atoms with E-state index in [0.29, 0.717) is 30.8 Å². The Kier molecular flexibility index (Phi) is 3.90. The number of nitrogens with zero attached hydrogens (tertiary/aromatic N) is 3. The number of para-hydroxylation sites is 1. The van der Waals surface area contributed by atoms with Gasteiger partial charge in [0.15, 0.2) is 9.84 Å². The van der Waals surface area contributed by atoms with Crippen molar-refractivity contribution in [1.29, 1.82) is 0 Å². The Balaban J connectivity index is 1.35. The van der Waals surface area contributed by atoms with E-state index in [4.69, 9.17) is 0 Å². The van der Waals surface area contributed by atoms with Gasteiger partial charge in [-0.25, -0.2) is 8.42 Å². The summed E-state index contributed by atoms with van der Waals surface area (Å²) in [5.41, 5.74) is 3.16. The monoisotopic (exact) mass is 396 g/mol. The van der Waals surface area contributed by atoms with Gasteiger partial charge in [-0.3, -0.25) is 9.78 Å². The number of anilines is 1. The molecule has 1 amide bonds. The summed E-state index contributed by atoms with van der Waals surface area (Å²) in [6.07, 6.45) is 3.69. The first kappa shape index (κ1) is 17.2. The topological polar surface area (TPSA) is 86.4 Å². The molecule has 0 bridgehead atoms. The molecule has 0 aliphatic carbocycles. The molecule has 2 aliphatic rings. The second-order valence-corrected chi connectivity index (χ2v) is 9.28. The van der Waals surface area contributed by atoms with Crippen LogP contribution in [-0.2, 0) is 16.3 Å². The van der Waals surface area contributed by atoms with Gasteiger partial charge >= 0.3 is 0 Å². The van der Waals surface area contributed by atoms with Crippen molar-refractivity contribution < 1.29 is 13.2 Å². The van der Waals surface area contributed by atoms with E-state index in [9.17, 15) is 13.2 Å². The van der Waals surface area contributed by atoms with Crippen LogP contribution in [-0.4, -0.2) is 61.1 Å². The van der Waals surface area contributed by atoms with Crippen LogP contribution in [0.15, 0.2) is 47.6 Å². The summed E-state index contributed by atoms with van der Waals surface area (Å²) in [4.78, 5) is 24.6. The minimum atomic E-state index is -3.23. The number of hydrogen-bond donors (Lipinski definition) is 1. The van der Waals surface area contributed by atoms with E-state index in [1.807, 2.05) is 30.5 Å². The van der Waals surface area contributed by atoms with Crippen molar-refractivity contribution >= 4 is 32.3 Å². The van der Waals surface area contributed by atoms with E-state index in [-0.39, 0.29) is 16.6 Å². The molecule has 0 saturated carbocycles. The summed E-state index contributed by atoms with van der Waals surface area (Å²) in [5.74, 6) is -0.0206. The Morgan fingerprint density at radius 2 is 1.86 bits per heavy atom. The van der Waals surface area contributed by atoms with Gasteiger partial charge < -0.3 is 14.8 Å². The number of piperazine rings is 1. The number of carbonyl (C=O) groups is 1. The molecule has 2 aromatic heterocycles. The van der Waals surface area contributed by atoms with Gasteiger partial charge in [-0.05, 0) is 18.6 Å². The average molecular weight is 396 g/mol. The fourth-order valence-corrected chi connectivity index (χ4v) is 5.67. The third-order valence-corrected chi connectivity index (χ3v) is 7.43. The maximum absolute atomic E-state index is 13.0. The molecule has 1 aromatic carbocycles. The summed E-state index contributed by atoms with van der Waals surface area (Å²) in [7, 11) is -3.23. The molecule has 7 nitrogen and oxygen atoms in total. The number of pyridine rings is 1. The number of rotatable bonds is 2. The third-order valence-electron chi connectivity index (χ3n) is 5.65. The number of sulfone groups is 1. The minimum absolute atomic E-state index is 0.0928. The first-order valence-electron chi connectivity index (χ1n) is 9.35. The first-order valence-corrected chi connectivity index (χ1v) is 11.0. The van der Waals surface area contributed by atoms with E-state index in [0.717, 1.165) is 29.7 Å². The van der Waals surface area contributed by atoms with Crippen molar-refractivity contribution in [2.75, 3.05) is 36.8 Å². The second kappa shape index (κ2) is 6.34. The lowest BCUT2D eigenvalue weighted by Gasteiger charge is -2.36. The molecular weight excluding hydrogens is 376 g/mol. The Labute approximate surface area is 162 Å². The predicted molar refractivity (Wildman–Crippen MR) is 106 cm³/mol. The number of fused-ring (bicyclic) bond motifs is 2. The molecule has 1 N–H and O–H groups in total. The number of amides is 1. The van der Waals surface area contributed by atoms with Crippen LogP contribution < -0.4 is 4.90 Å². The zero-order chi connectivity index (χ0) is 19.3. The lowest BCUT2D eigenvalue weighted by molar-refractivity contribution is 0.0740. The van der Waals surface area contributed by atoms with Gasteiger partial charge in [-0.15, -0.1) is 0 Å². The quantitative estimate of drug-likeness (QED) is 0.715. The molecule has 0 unspecified atom stereocenters. The van der Waals surface area contributed by atoms with Crippen LogP contribution in [0.3, 0.4) is 0 Å². The summed E-state index contributed by atoms with van der Waals surface area (Å²) in [5, 5.41) is 1.11. The van der Waals surface area contributed by atoms with Gasteiger partial charge in [-0.2, -0.15) is 0 Å². The summed E-state index contributed by atoms with van der Waals surface area (Å²) < 4.78 is 24.0. The molecular formula is C20H20N4O3S. The van der Waals surface area contributed by atoms with Crippen molar-refractivity contribution in [1.82, 2.24) is 14.9 Å². The van der Waals surface area contributed by atoms with Crippen molar-refractivity contribution in [2.24, 2.45) is 0 Å². The predicted octanol–water partition coefficient (Wildman–Crippen LogP) is 1.86. The Bertz CT molecular complexity index is 1170.